The number of rotatable bonds is 5. The van der Waals surface area contributed by atoms with Gasteiger partial charge in [0, 0.05) is 32.9 Å². The van der Waals surface area contributed by atoms with E-state index >= 15 is 0 Å². The molecule has 2 heterocycles. The van der Waals surface area contributed by atoms with Gasteiger partial charge in [-0.3, -0.25) is 4.79 Å². The van der Waals surface area contributed by atoms with Crippen molar-refractivity contribution in [2.24, 2.45) is 17.1 Å². The van der Waals surface area contributed by atoms with Crippen molar-refractivity contribution in [3.63, 3.8) is 0 Å². The largest absolute Gasteiger partial charge is 0.342 e. The Morgan fingerprint density at radius 2 is 2.12 bits per heavy atom. The summed E-state index contributed by atoms with van der Waals surface area (Å²) in [6, 6.07) is 0. The Balaban J connectivity index is 1.56. The normalized spacial score (nSPS) is 24.1. The van der Waals surface area contributed by atoms with Crippen LogP contribution >= 0.6 is 0 Å². The molecule has 1 saturated heterocycles. The van der Waals surface area contributed by atoms with Crippen molar-refractivity contribution in [3.05, 3.63) is 11.7 Å². The van der Waals surface area contributed by atoms with Gasteiger partial charge in [-0.2, -0.15) is 4.98 Å². The first-order valence-corrected chi connectivity index (χ1v) is 9.37. The van der Waals surface area contributed by atoms with Crippen molar-refractivity contribution >= 4 is 5.91 Å². The predicted molar refractivity (Wildman–Crippen MR) is 91.2 cm³/mol. The van der Waals surface area contributed by atoms with Crippen LogP contribution in [0.3, 0.4) is 0 Å². The minimum Gasteiger partial charge on any atom is -0.342 e. The summed E-state index contributed by atoms with van der Waals surface area (Å²) in [6.07, 6.45) is 9.52. The number of likely N-dealkylation sites (tertiary alicyclic amines) is 1. The van der Waals surface area contributed by atoms with E-state index in [9.17, 15) is 4.79 Å². The fraction of sp³-hybridized carbons (Fsp3) is 0.833. The Bertz CT molecular complexity index is 551. The van der Waals surface area contributed by atoms with E-state index in [-0.39, 0.29) is 11.3 Å². The van der Waals surface area contributed by atoms with Crippen LogP contribution < -0.4 is 5.73 Å². The quantitative estimate of drug-likeness (QED) is 0.894. The molecule has 1 aliphatic heterocycles. The second-order valence-corrected chi connectivity index (χ2v) is 7.72. The van der Waals surface area contributed by atoms with Crippen LogP contribution in [-0.2, 0) is 11.2 Å². The second kappa shape index (κ2) is 7.64. The molecule has 0 bridgehead atoms. The number of hydrogen-bond donors (Lipinski definition) is 1. The highest BCUT2D eigenvalue weighted by molar-refractivity contribution is 5.77. The number of piperidine rings is 1. The first-order chi connectivity index (χ1) is 11.6. The summed E-state index contributed by atoms with van der Waals surface area (Å²) in [6.45, 7) is 4.14. The van der Waals surface area contributed by atoms with Gasteiger partial charge in [-0.25, -0.2) is 0 Å². The summed E-state index contributed by atoms with van der Waals surface area (Å²) in [5.41, 5.74) is 6.10. The van der Waals surface area contributed by atoms with Gasteiger partial charge in [0.2, 0.25) is 11.8 Å². The van der Waals surface area contributed by atoms with Gasteiger partial charge in [0.1, 0.15) is 0 Å². The summed E-state index contributed by atoms with van der Waals surface area (Å²) < 4.78 is 5.05. The summed E-state index contributed by atoms with van der Waals surface area (Å²) in [5, 5.41) is 3.99. The zero-order valence-corrected chi connectivity index (χ0v) is 14.8. The number of nitrogens with two attached hydrogens (primary N) is 1. The van der Waals surface area contributed by atoms with Crippen LogP contribution in [0.2, 0.25) is 0 Å². The molecule has 0 aromatic carbocycles. The fourth-order valence-electron chi connectivity index (χ4n) is 4.33. The molecule has 1 atom stereocenters. The number of nitrogens with zero attached hydrogens (tertiary/aromatic N) is 3. The average molecular weight is 334 g/mol. The van der Waals surface area contributed by atoms with Gasteiger partial charge in [0.15, 0.2) is 5.82 Å². The molecule has 6 heteroatoms. The molecule has 1 aromatic heterocycles. The third-order valence-electron chi connectivity index (χ3n) is 5.79. The Labute approximate surface area is 144 Å². The van der Waals surface area contributed by atoms with E-state index in [1.54, 1.807) is 0 Å². The fourth-order valence-corrected chi connectivity index (χ4v) is 4.33. The molecule has 2 fully saturated rings. The van der Waals surface area contributed by atoms with E-state index in [2.05, 4.69) is 10.1 Å². The van der Waals surface area contributed by atoms with E-state index in [1.165, 1.54) is 19.3 Å². The second-order valence-electron chi connectivity index (χ2n) is 7.72. The number of aryl methyl sites for hydroxylation is 1. The molecule has 2 N–H and O–H groups in total. The molecule has 6 nitrogen and oxygen atoms in total. The average Bonchev–Trinajstić information content (AvgIpc) is 3.01. The smallest absolute Gasteiger partial charge is 0.223 e. The molecule has 1 amide bonds. The molecule has 1 unspecified atom stereocenters. The van der Waals surface area contributed by atoms with Crippen molar-refractivity contribution in [1.29, 1.82) is 0 Å². The topological polar surface area (TPSA) is 85.2 Å². The molecule has 24 heavy (non-hydrogen) atoms. The van der Waals surface area contributed by atoms with Gasteiger partial charge >= 0.3 is 0 Å². The third-order valence-corrected chi connectivity index (χ3v) is 5.79. The number of carbonyl (C=O) groups is 1. The van der Waals surface area contributed by atoms with Crippen LogP contribution in [0, 0.1) is 18.3 Å². The Kier molecular flexibility index (Phi) is 5.54. The molecule has 1 aromatic rings. The van der Waals surface area contributed by atoms with Crippen molar-refractivity contribution in [3.8, 4) is 0 Å². The summed E-state index contributed by atoms with van der Waals surface area (Å²) >= 11 is 0. The summed E-state index contributed by atoms with van der Waals surface area (Å²) in [7, 11) is 0. The first kappa shape index (κ1) is 17.4. The monoisotopic (exact) mass is 334 g/mol. The molecule has 0 radical (unpaired) electrons. The van der Waals surface area contributed by atoms with Crippen LogP contribution in [0.5, 0.6) is 0 Å². The predicted octanol–water partition coefficient (Wildman–Crippen LogP) is 2.46. The minimum absolute atomic E-state index is 0.0487. The lowest BCUT2D eigenvalue weighted by atomic mass is 9.71. The molecular weight excluding hydrogens is 304 g/mol. The highest BCUT2D eigenvalue weighted by Crippen LogP contribution is 2.39. The van der Waals surface area contributed by atoms with Gasteiger partial charge < -0.3 is 15.2 Å². The van der Waals surface area contributed by atoms with Crippen molar-refractivity contribution in [1.82, 2.24) is 15.0 Å². The Hall–Kier alpha value is -1.43. The standard InChI is InChI=1S/C18H30N4O2/c1-14-20-16(21-24-14)10-15-6-5-9-22(12-15)17(23)11-18(13-19)7-3-2-4-8-18/h15H,2-13,19H2,1H3. The summed E-state index contributed by atoms with van der Waals surface area (Å²) in [4.78, 5) is 19.2. The highest BCUT2D eigenvalue weighted by atomic mass is 16.5. The number of carbonyl (C=O) groups excluding carboxylic acids is 1. The SMILES string of the molecule is Cc1nc(CC2CCCN(C(=O)CC3(CN)CCCCC3)C2)no1. The number of hydrogen-bond acceptors (Lipinski definition) is 5. The molecule has 134 valence electrons. The maximum absolute atomic E-state index is 12.9. The van der Waals surface area contributed by atoms with Crippen LogP contribution in [0.25, 0.3) is 0 Å². The zero-order valence-electron chi connectivity index (χ0n) is 14.8. The van der Waals surface area contributed by atoms with E-state index in [4.69, 9.17) is 10.3 Å². The summed E-state index contributed by atoms with van der Waals surface area (Å²) in [5.74, 6) is 2.09. The molecule has 3 rings (SSSR count). The van der Waals surface area contributed by atoms with Crippen LogP contribution in [-0.4, -0.2) is 40.6 Å². The number of aromatic nitrogens is 2. The third kappa shape index (κ3) is 4.15. The van der Waals surface area contributed by atoms with E-state index in [0.29, 0.717) is 24.8 Å². The first-order valence-electron chi connectivity index (χ1n) is 9.37. The number of amides is 1. The van der Waals surface area contributed by atoms with Crippen molar-refractivity contribution < 1.29 is 9.32 Å². The van der Waals surface area contributed by atoms with Gasteiger partial charge in [-0.05, 0) is 43.6 Å². The Morgan fingerprint density at radius 3 is 2.79 bits per heavy atom. The maximum atomic E-state index is 12.9. The molecule has 2 aliphatic rings. The van der Waals surface area contributed by atoms with Gasteiger partial charge in [-0.15, -0.1) is 0 Å². The van der Waals surface area contributed by atoms with Crippen molar-refractivity contribution in [2.75, 3.05) is 19.6 Å². The molecule has 0 spiro atoms. The maximum Gasteiger partial charge on any atom is 0.223 e. The minimum atomic E-state index is 0.0487. The Morgan fingerprint density at radius 1 is 1.33 bits per heavy atom. The lowest BCUT2D eigenvalue weighted by Crippen LogP contribution is -2.44. The lowest BCUT2D eigenvalue weighted by molar-refractivity contribution is -0.136. The van der Waals surface area contributed by atoms with Gasteiger partial charge in [0.05, 0.1) is 0 Å². The zero-order chi connectivity index (χ0) is 17.0. The van der Waals surface area contributed by atoms with Crippen LogP contribution in [0.15, 0.2) is 4.52 Å². The molecule has 1 aliphatic carbocycles. The molecule has 1 saturated carbocycles. The van der Waals surface area contributed by atoms with E-state index < -0.39 is 0 Å². The van der Waals surface area contributed by atoms with Crippen LogP contribution in [0.4, 0.5) is 0 Å². The molecular formula is C18H30N4O2. The van der Waals surface area contributed by atoms with Gasteiger partial charge in [-0.1, -0.05) is 24.4 Å². The van der Waals surface area contributed by atoms with Crippen LogP contribution in [0.1, 0.15) is 63.1 Å². The van der Waals surface area contributed by atoms with Crippen molar-refractivity contribution in [2.45, 2.75) is 64.7 Å². The van der Waals surface area contributed by atoms with E-state index in [1.807, 2.05) is 11.8 Å². The van der Waals surface area contributed by atoms with E-state index in [0.717, 1.165) is 51.0 Å². The lowest BCUT2D eigenvalue weighted by Gasteiger charge is -2.39. The highest BCUT2D eigenvalue weighted by Gasteiger charge is 2.35. The van der Waals surface area contributed by atoms with Gasteiger partial charge in [0.25, 0.3) is 0 Å².